The van der Waals surface area contributed by atoms with Crippen LogP contribution < -0.4 is 15.0 Å². The minimum Gasteiger partial charge on any atom is -0.465 e. The van der Waals surface area contributed by atoms with E-state index in [1.165, 1.54) is 17.0 Å². The van der Waals surface area contributed by atoms with E-state index in [-0.39, 0.29) is 17.4 Å². The first kappa shape index (κ1) is 22.9. The molecule has 0 saturated carbocycles. The number of carboxylic acid groups (broad SMARTS) is 1. The van der Waals surface area contributed by atoms with Crippen LogP contribution in [0.25, 0.3) is 11.1 Å². The number of ether oxygens (including phenoxy) is 1. The SMILES string of the molecule is C[C@H]1CCc2c(ccc(-c3cnn(C4CCNCC4)c3)c2Oc2ccc(C#N)cc2F)N1C(=O)O. The fraction of sp³-hybridized carbons (Fsp3) is 0.346. The molecule has 2 aromatic carbocycles. The number of anilines is 1. The summed E-state index contributed by atoms with van der Waals surface area (Å²) >= 11 is 0. The van der Waals surface area contributed by atoms with Crippen molar-refractivity contribution in [3.05, 3.63) is 59.7 Å². The van der Waals surface area contributed by atoms with E-state index in [9.17, 15) is 14.3 Å². The third-order valence-electron chi connectivity index (χ3n) is 6.82. The number of benzene rings is 2. The summed E-state index contributed by atoms with van der Waals surface area (Å²) in [6.07, 6.45) is 5.87. The second-order valence-corrected chi connectivity index (χ2v) is 9.03. The van der Waals surface area contributed by atoms with Gasteiger partial charge < -0.3 is 15.2 Å². The highest BCUT2D eigenvalue weighted by molar-refractivity contribution is 5.91. The van der Waals surface area contributed by atoms with Crippen molar-refractivity contribution in [1.82, 2.24) is 15.1 Å². The quantitative estimate of drug-likeness (QED) is 0.544. The molecule has 1 saturated heterocycles. The monoisotopic (exact) mass is 475 g/mol. The zero-order chi connectivity index (χ0) is 24.5. The van der Waals surface area contributed by atoms with Gasteiger partial charge in [-0.2, -0.15) is 10.4 Å². The molecule has 2 aliphatic rings. The van der Waals surface area contributed by atoms with Crippen molar-refractivity contribution >= 4 is 11.8 Å². The predicted molar refractivity (Wildman–Crippen MR) is 128 cm³/mol. The van der Waals surface area contributed by atoms with Gasteiger partial charge in [-0.15, -0.1) is 0 Å². The van der Waals surface area contributed by atoms with Gasteiger partial charge >= 0.3 is 6.09 Å². The first-order valence-corrected chi connectivity index (χ1v) is 11.8. The highest BCUT2D eigenvalue weighted by Crippen LogP contribution is 2.45. The Morgan fingerprint density at radius 1 is 1.26 bits per heavy atom. The van der Waals surface area contributed by atoms with Crippen molar-refractivity contribution < 1.29 is 19.0 Å². The van der Waals surface area contributed by atoms with Gasteiger partial charge in [0.25, 0.3) is 0 Å². The third kappa shape index (κ3) is 4.33. The molecule has 0 spiro atoms. The van der Waals surface area contributed by atoms with Crippen LogP contribution in [-0.4, -0.2) is 40.1 Å². The maximum atomic E-state index is 14.8. The molecule has 0 unspecified atom stereocenters. The molecule has 5 rings (SSSR count). The number of nitrogens with one attached hydrogen (secondary N) is 1. The molecule has 0 radical (unpaired) electrons. The number of nitriles is 1. The Bertz CT molecular complexity index is 1310. The molecule has 35 heavy (non-hydrogen) atoms. The number of hydrogen-bond donors (Lipinski definition) is 2. The summed E-state index contributed by atoms with van der Waals surface area (Å²) in [4.78, 5) is 13.4. The molecule has 8 nitrogen and oxygen atoms in total. The van der Waals surface area contributed by atoms with Gasteiger partial charge in [0.1, 0.15) is 5.75 Å². The number of aromatic nitrogens is 2. The van der Waals surface area contributed by atoms with Gasteiger partial charge in [-0.1, -0.05) is 0 Å². The molecular weight excluding hydrogens is 449 g/mol. The molecule has 2 N–H and O–H groups in total. The van der Waals surface area contributed by atoms with Gasteiger partial charge in [-0.25, -0.2) is 9.18 Å². The smallest absolute Gasteiger partial charge is 0.412 e. The minimum atomic E-state index is -1.04. The van der Waals surface area contributed by atoms with Gasteiger partial charge in [0, 0.05) is 28.9 Å². The van der Waals surface area contributed by atoms with E-state index in [1.54, 1.807) is 12.3 Å². The molecule has 1 atom stereocenters. The number of fused-ring (bicyclic) bond motifs is 1. The van der Waals surface area contributed by atoms with Crippen LogP contribution in [0.15, 0.2) is 42.7 Å². The second-order valence-electron chi connectivity index (χ2n) is 9.03. The van der Waals surface area contributed by atoms with E-state index < -0.39 is 11.9 Å². The van der Waals surface area contributed by atoms with Crippen molar-refractivity contribution in [3.8, 4) is 28.7 Å². The number of halogens is 1. The maximum Gasteiger partial charge on any atom is 0.412 e. The van der Waals surface area contributed by atoms with E-state index >= 15 is 0 Å². The van der Waals surface area contributed by atoms with Crippen LogP contribution in [0.4, 0.5) is 14.9 Å². The molecule has 3 heterocycles. The summed E-state index contributed by atoms with van der Waals surface area (Å²) in [5, 5.41) is 26.9. The van der Waals surface area contributed by atoms with Gasteiger partial charge in [0.05, 0.1) is 29.6 Å². The molecule has 0 aliphatic carbocycles. The zero-order valence-electron chi connectivity index (χ0n) is 19.4. The maximum absolute atomic E-state index is 14.8. The first-order chi connectivity index (χ1) is 17.0. The van der Waals surface area contributed by atoms with Crippen molar-refractivity contribution in [2.24, 2.45) is 0 Å². The van der Waals surface area contributed by atoms with Crippen LogP contribution in [0, 0.1) is 17.1 Å². The van der Waals surface area contributed by atoms with Gasteiger partial charge in [0.2, 0.25) is 0 Å². The molecular formula is C26H26FN5O3. The van der Waals surface area contributed by atoms with E-state index in [2.05, 4.69) is 10.4 Å². The highest BCUT2D eigenvalue weighted by atomic mass is 19.1. The van der Waals surface area contributed by atoms with Crippen molar-refractivity contribution in [2.45, 2.75) is 44.7 Å². The fourth-order valence-corrected chi connectivity index (χ4v) is 4.95. The van der Waals surface area contributed by atoms with Crippen LogP contribution in [0.2, 0.25) is 0 Å². The summed E-state index contributed by atoms with van der Waals surface area (Å²) in [7, 11) is 0. The summed E-state index contributed by atoms with van der Waals surface area (Å²) < 4.78 is 22.9. The number of piperidine rings is 1. The van der Waals surface area contributed by atoms with Crippen LogP contribution in [0.3, 0.4) is 0 Å². The lowest BCUT2D eigenvalue weighted by molar-refractivity contribution is 0.198. The Morgan fingerprint density at radius 2 is 2.06 bits per heavy atom. The van der Waals surface area contributed by atoms with E-state index in [4.69, 9.17) is 10.00 Å². The predicted octanol–water partition coefficient (Wildman–Crippen LogP) is 5.10. The Balaban J connectivity index is 1.61. The second kappa shape index (κ2) is 9.39. The van der Waals surface area contributed by atoms with Gasteiger partial charge in [-0.05, 0) is 76.0 Å². The van der Waals surface area contributed by atoms with Crippen molar-refractivity contribution in [1.29, 1.82) is 5.26 Å². The average Bonchev–Trinajstić information content (AvgIpc) is 3.35. The van der Waals surface area contributed by atoms with E-state index in [0.29, 0.717) is 41.4 Å². The van der Waals surface area contributed by atoms with Crippen molar-refractivity contribution in [2.75, 3.05) is 18.0 Å². The molecule has 180 valence electrons. The third-order valence-corrected chi connectivity index (χ3v) is 6.82. The fourth-order valence-electron chi connectivity index (χ4n) is 4.95. The number of amides is 1. The van der Waals surface area contributed by atoms with Gasteiger partial charge in [-0.3, -0.25) is 9.58 Å². The molecule has 1 amide bonds. The Labute approximate surface area is 202 Å². The standard InChI is InChI=1S/C26H26FN5O3/c1-16-2-4-21-23(32(16)26(33)34)6-5-20(18-14-30-31(15-18)19-8-10-29-11-9-19)25(21)35-24-7-3-17(13-28)12-22(24)27/h3,5-7,12,14-16,19,29H,2,4,8-11H2,1H3,(H,33,34)/t16-/m0/s1. The van der Waals surface area contributed by atoms with Crippen molar-refractivity contribution in [3.63, 3.8) is 0 Å². The summed E-state index contributed by atoms with van der Waals surface area (Å²) in [5.74, 6) is -0.267. The largest absolute Gasteiger partial charge is 0.465 e. The highest BCUT2D eigenvalue weighted by Gasteiger charge is 2.32. The molecule has 1 fully saturated rings. The van der Waals surface area contributed by atoms with Crippen LogP contribution in [0.1, 0.15) is 43.4 Å². The minimum absolute atomic E-state index is 0.0232. The number of hydrogen-bond acceptors (Lipinski definition) is 5. The molecule has 1 aromatic heterocycles. The first-order valence-electron chi connectivity index (χ1n) is 11.8. The zero-order valence-corrected chi connectivity index (χ0v) is 19.4. The average molecular weight is 476 g/mol. The van der Waals surface area contributed by atoms with Crippen LogP contribution in [0.5, 0.6) is 11.5 Å². The lowest BCUT2D eigenvalue weighted by Crippen LogP contribution is -2.41. The lowest BCUT2D eigenvalue weighted by Gasteiger charge is -2.34. The Morgan fingerprint density at radius 3 is 2.77 bits per heavy atom. The molecule has 2 aliphatic heterocycles. The lowest BCUT2D eigenvalue weighted by atomic mass is 9.92. The Kier molecular flexibility index (Phi) is 6.14. The molecule has 9 heteroatoms. The number of rotatable bonds is 4. The van der Waals surface area contributed by atoms with E-state index in [0.717, 1.165) is 37.6 Å². The molecule has 0 bridgehead atoms. The van der Waals surface area contributed by atoms with Gasteiger partial charge in [0.15, 0.2) is 11.6 Å². The number of carbonyl (C=O) groups is 1. The summed E-state index contributed by atoms with van der Waals surface area (Å²) in [6, 6.07) is 9.68. The summed E-state index contributed by atoms with van der Waals surface area (Å²) in [5.41, 5.74) is 2.97. The Hall–Kier alpha value is -3.90. The summed E-state index contributed by atoms with van der Waals surface area (Å²) in [6.45, 7) is 3.75. The normalized spacial score (nSPS) is 18.1. The molecule has 3 aromatic rings. The van der Waals surface area contributed by atoms with E-state index in [1.807, 2.05) is 29.9 Å². The van der Waals surface area contributed by atoms with Crippen LogP contribution >= 0.6 is 0 Å². The number of nitrogens with zero attached hydrogens (tertiary/aromatic N) is 4. The topological polar surface area (TPSA) is 103 Å². The van der Waals surface area contributed by atoms with Crippen LogP contribution in [-0.2, 0) is 6.42 Å².